The molecule has 132 valence electrons. The Balaban J connectivity index is 1.63. The van der Waals surface area contributed by atoms with Crippen molar-refractivity contribution in [2.75, 3.05) is 37.8 Å². The lowest BCUT2D eigenvalue weighted by atomic mass is 10.2. The lowest BCUT2D eigenvalue weighted by molar-refractivity contribution is -0.137. The van der Waals surface area contributed by atoms with Crippen molar-refractivity contribution < 1.29 is 14.3 Å². The van der Waals surface area contributed by atoms with E-state index in [2.05, 4.69) is 31.8 Å². The number of carbonyl (C=O) groups excluding carboxylic acids is 1. The van der Waals surface area contributed by atoms with E-state index < -0.39 is 0 Å². The summed E-state index contributed by atoms with van der Waals surface area (Å²) in [4.78, 5) is 14.0. The van der Waals surface area contributed by atoms with Crippen molar-refractivity contribution in [3.63, 3.8) is 0 Å². The Bertz CT molecular complexity index is 731. The monoisotopic (exact) mass is 360 g/mol. The zero-order valence-electron chi connectivity index (χ0n) is 13.8. The van der Waals surface area contributed by atoms with Crippen molar-refractivity contribution in [3.05, 3.63) is 35.9 Å². The summed E-state index contributed by atoms with van der Waals surface area (Å²) in [6.07, 6.45) is 0.717. The fourth-order valence-electron chi connectivity index (χ4n) is 2.98. The first kappa shape index (κ1) is 16.4. The van der Waals surface area contributed by atoms with Crippen molar-refractivity contribution >= 4 is 23.7 Å². The summed E-state index contributed by atoms with van der Waals surface area (Å²) in [6.45, 7) is 4.13. The molecular weight excluding hydrogens is 340 g/mol. The fraction of sp³-hybridized carbons (Fsp3) is 0.471. The van der Waals surface area contributed by atoms with Crippen LogP contribution in [0.1, 0.15) is 12.0 Å². The predicted molar refractivity (Wildman–Crippen MR) is 93.8 cm³/mol. The maximum Gasteiger partial charge on any atom is 0.319 e. The van der Waals surface area contributed by atoms with Crippen LogP contribution in [0.25, 0.3) is 0 Å². The molecule has 3 heterocycles. The predicted octanol–water partition coefficient (Wildman–Crippen LogP) is 1.57. The lowest BCUT2D eigenvalue weighted by Gasteiger charge is -2.28. The highest BCUT2D eigenvalue weighted by atomic mass is 32.2. The molecule has 0 aliphatic carbocycles. The van der Waals surface area contributed by atoms with Crippen molar-refractivity contribution in [2.45, 2.75) is 23.4 Å². The number of carbonyl (C=O) groups is 1. The minimum absolute atomic E-state index is 0.160. The van der Waals surface area contributed by atoms with Crippen LogP contribution in [-0.2, 0) is 20.8 Å². The molecule has 1 atom stereocenters. The van der Waals surface area contributed by atoms with Crippen LogP contribution in [0.15, 0.2) is 35.5 Å². The third kappa shape index (κ3) is 3.64. The van der Waals surface area contributed by atoms with Crippen LogP contribution in [0.5, 0.6) is 0 Å². The van der Waals surface area contributed by atoms with E-state index in [1.165, 1.54) is 17.3 Å². The number of hydrogen-bond donors (Lipinski definition) is 0. The van der Waals surface area contributed by atoms with Gasteiger partial charge >= 0.3 is 5.97 Å². The number of aromatic nitrogens is 3. The molecule has 0 unspecified atom stereocenters. The Labute approximate surface area is 150 Å². The van der Waals surface area contributed by atoms with Gasteiger partial charge in [-0.15, -0.1) is 10.2 Å². The number of benzene rings is 1. The number of anilines is 1. The maximum absolute atomic E-state index is 11.8. The second kappa shape index (κ2) is 7.45. The van der Waals surface area contributed by atoms with E-state index in [9.17, 15) is 4.79 Å². The lowest BCUT2D eigenvalue weighted by Crippen LogP contribution is -2.38. The molecule has 1 aromatic heterocycles. The Morgan fingerprint density at radius 1 is 1.12 bits per heavy atom. The van der Waals surface area contributed by atoms with Gasteiger partial charge in [0.2, 0.25) is 5.95 Å². The third-order valence-corrected chi connectivity index (χ3v) is 5.54. The molecule has 0 saturated carbocycles. The van der Waals surface area contributed by atoms with Gasteiger partial charge in [-0.05, 0) is 5.56 Å². The molecule has 7 nitrogen and oxygen atoms in total. The summed E-state index contributed by atoms with van der Waals surface area (Å²) in [6, 6.07) is 10.2. The smallest absolute Gasteiger partial charge is 0.319 e. The zero-order chi connectivity index (χ0) is 17.1. The maximum atomic E-state index is 11.8. The Kier molecular flexibility index (Phi) is 4.89. The summed E-state index contributed by atoms with van der Waals surface area (Å²) in [7, 11) is 0. The highest BCUT2D eigenvalue weighted by Gasteiger charge is 2.30. The van der Waals surface area contributed by atoms with Crippen LogP contribution < -0.4 is 4.90 Å². The molecule has 0 bridgehead atoms. The summed E-state index contributed by atoms with van der Waals surface area (Å²) < 4.78 is 12.6. The van der Waals surface area contributed by atoms with Gasteiger partial charge in [-0.2, -0.15) is 0 Å². The molecule has 0 radical (unpaired) electrons. The van der Waals surface area contributed by atoms with Gasteiger partial charge in [-0.25, -0.2) is 0 Å². The molecule has 2 fully saturated rings. The number of hydrogen-bond acceptors (Lipinski definition) is 7. The van der Waals surface area contributed by atoms with Crippen molar-refractivity contribution in [1.29, 1.82) is 0 Å². The molecule has 2 saturated heterocycles. The largest absolute Gasteiger partial charge is 0.465 e. The Morgan fingerprint density at radius 2 is 1.92 bits per heavy atom. The van der Waals surface area contributed by atoms with E-state index in [1.54, 1.807) is 0 Å². The van der Waals surface area contributed by atoms with Gasteiger partial charge in [0.1, 0.15) is 5.25 Å². The van der Waals surface area contributed by atoms with Crippen molar-refractivity contribution in [1.82, 2.24) is 14.8 Å². The van der Waals surface area contributed by atoms with Crippen LogP contribution in [-0.4, -0.2) is 58.9 Å². The van der Waals surface area contributed by atoms with E-state index in [1.807, 2.05) is 18.2 Å². The molecule has 4 rings (SSSR count). The number of morpholine rings is 1. The van der Waals surface area contributed by atoms with Gasteiger partial charge in [0.25, 0.3) is 0 Å². The molecule has 1 aromatic carbocycles. The van der Waals surface area contributed by atoms with Gasteiger partial charge in [0.05, 0.1) is 26.4 Å². The number of nitrogens with zero attached hydrogens (tertiary/aromatic N) is 4. The molecule has 2 aliphatic heterocycles. The minimum Gasteiger partial charge on any atom is -0.465 e. The summed E-state index contributed by atoms with van der Waals surface area (Å²) in [5, 5.41) is 9.35. The highest BCUT2D eigenvalue weighted by Crippen LogP contribution is 2.31. The number of cyclic esters (lactones) is 1. The second-order valence-electron chi connectivity index (χ2n) is 6.02. The van der Waals surface area contributed by atoms with E-state index in [0.29, 0.717) is 32.8 Å². The molecule has 8 heteroatoms. The summed E-state index contributed by atoms with van der Waals surface area (Å²) >= 11 is 1.45. The van der Waals surface area contributed by atoms with Crippen molar-refractivity contribution in [3.8, 4) is 0 Å². The van der Waals surface area contributed by atoms with Crippen molar-refractivity contribution in [2.24, 2.45) is 0 Å². The first-order chi connectivity index (χ1) is 12.3. The standard InChI is InChI=1S/C17H20N4O3S/c22-15-14(6-9-24-15)25-17-19-18-16(20-7-10-23-11-8-20)21(17)12-13-4-2-1-3-5-13/h1-5,14H,6-12H2/t14-/m1/s1. The first-order valence-electron chi connectivity index (χ1n) is 8.44. The summed E-state index contributed by atoms with van der Waals surface area (Å²) in [5.41, 5.74) is 1.17. The van der Waals surface area contributed by atoms with Gasteiger partial charge in [-0.3, -0.25) is 9.36 Å². The van der Waals surface area contributed by atoms with Crippen LogP contribution in [0.4, 0.5) is 5.95 Å². The Hall–Kier alpha value is -2.06. The van der Waals surface area contributed by atoms with E-state index >= 15 is 0 Å². The molecule has 25 heavy (non-hydrogen) atoms. The van der Waals surface area contributed by atoms with Gasteiger partial charge in [0.15, 0.2) is 5.16 Å². The molecule has 0 spiro atoms. The zero-order valence-corrected chi connectivity index (χ0v) is 14.7. The molecule has 0 N–H and O–H groups in total. The number of ether oxygens (including phenoxy) is 2. The molecule has 2 aliphatic rings. The quantitative estimate of drug-likeness (QED) is 0.750. The minimum atomic E-state index is -0.198. The van der Waals surface area contributed by atoms with E-state index in [-0.39, 0.29) is 11.2 Å². The van der Waals surface area contributed by atoms with Gasteiger partial charge < -0.3 is 14.4 Å². The highest BCUT2D eigenvalue weighted by molar-refractivity contribution is 8.00. The first-order valence-corrected chi connectivity index (χ1v) is 9.32. The van der Waals surface area contributed by atoms with Crippen LogP contribution in [0.2, 0.25) is 0 Å². The van der Waals surface area contributed by atoms with Crippen LogP contribution in [0, 0.1) is 0 Å². The third-order valence-electron chi connectivity index (χ3n) is 4.31. The molecule has 0 amide bonds. The average Bonchev–Trinajstić information content (AvgIpc) is 3.24. The van der Waals surface area contributed by atoms with Crippen LogP contribution in [0.3, 0.4) is 0 Å². The fourth-order valence-corrected chi connectivity index (χ4v) is 3.98. The number of esters is 1. The van der Waals surface area contributed by atoms with E-state index in [0.717, 1.165) is 24.2 Å². The molecular formula is C17H20N4O3S. The normalized spacial score (nSPS) is 20.7. The summed E-state index contributed by atoms with van der Waals surface area (Å²) in [5.74, 6) is 0.674. The second-order valence-corrected chi connectivity index (χ2v) is 7.19. The van der Waals surface area contributed by atoms with Gasteiger partial charge in [0, 0.05) is 19.5 Å². The van der Waals surface area contributed by atoms with Gasteiger partial charge in [-0.1, -0.05) is 42.1 Å². The topological polar surface area (TPSA) is 69.5 Å². The molecule has 2 aromatic rings. The number of rotatable bonds is 5. The SMILES string of the molecule is O=C1OCC[C@H]1Sc1nnc(N2CCOCC2)n1Cc1ccccc1. The van der Waals surface area contributed by atoms with Crippen LogP contribution >= 0.6 is 11.8 Å². The average molecular weight is 360 g/mol. The van der Waals surface area contributed by atoms with E-state index in [4.69, 9.17) is 9.47 Å². The Morgan fingerprint density at radius 3 is 2.64 bits per heavy atom. The number of thioether (sulfide) groups is 1.